The second kappa shape index (κ2) is 8.66. The van der Waals surface area contributed by atoms with E-state index in [1.165, 1.54) is 4.31 Å². The van der Waals surface area contributed by atoms with E-state index >= 15 is 0 Å². The summed E-state index contributed by atoms with van der Waals surface area (Å²) < 4.78 is 31.1. The molecule has 1 aliphatic heterocycles. The van der Waals surface area contributed by atoms with Crippen molar-refractivity contribution in [2.24, 2.45) is 5.92 Å². The van der Waals surface area contributed by atoms with E-state index < -0.39 is 10.0 Å². The van der Waals surface area contributed by atoms with E-state index in [4.69, 9.17) is 0 Å². The smallest absolute Gasteiger partial charge is 0.246 e. The van der Waals surface area contributed by atoms with E-state index in [1.54, 1.807) is 17.8 Å². The second-order valence-corrected chi connectivity index (χ2v) is 9.37. The van der Waals surface area contributed by atoms with E-state index in [0.717, 1.165) is 12.2 Å². The van der Waals surface area contributed by atoms with Gasteiger partial charge in [-0.05, 0) is 46.6 Å². The zero-order chi connectivity index (χ0) is 21.2. The van der Waals surface area contributed by atoms with Gasteiger partial charge in [0, 0.05) is 38.6 Å². The maximum absolute atomic E-state index is 13.1. The molecule has 3 rings (SSSR count). The van der Waals surface area contributed by atoms with Crippen LogP contribution >= 0.6 is 0 Å². The molecule has 10 heteroatoms. The first-order valence-corrected chi connectivity index (χ1v) is 11.6. The zero-order valence-corrected chi connectivity index (χ0v) is 18.3. The lowest BCUT2D eigenvalue weighted by Crippen LogP contribution is -2.45. The van der Waals surface area contributed by atoms with Crippen LogP contribution in [0.3, 0.4) is 0 Å². The van der Waals surface area contributed by atoms with Crippen LogP contribution in [0.5, 0.6) is 0 Å². The lowest BCUT2D eigenvalue weighted by atomic mass is 9.98. The summed E-state index contributed by atoms with van der Waals surface area (Å²) in [5.74, 6) is -0.514. The number of amides is 1. The molecule has 0 saturated carbocycles. The molecule has 1 amide bonds. The Kier molecular flexibility index (Phi) is 6.42. The highest BCUT2D eigenvalue weighted by Crippen LogP contribution is 2.26. The quantitative estimate of drug-likeness (QED) is 0.732. The molecule has 1 fully saturated rings. The summed E-state index contributed by atoms with van der Waals surface area (Å²) >= 11 is 0. The maximum Gasteiger partial charge on any atom is 0.246 e. The molecular weight excluding hydrogens is 392 g/mol. The van der Waals surface area contributed by atoms with Gasteiger partial charge in [0.05, 0.1) is 23.3 Å². The summed E-state index contributed by atoms with van der Waals surface area (Å²) in [7, 11) is -3.67. The van der Waals surface area contributed by atoms with Gasteiger partial charge < -0.3 is 5.32 Å². The third kappa shape index (κ3) is 4.53. The first kappa shape index (κ1) is 21.5. The SMILES string of the molecule is CCn1ccc([C@H](C)NC(=O)[C@H]2CCCN(S(=O)(=O)c3cn(CC)nc3C)C2)n1. The average molecular weight is 423 g/mol. The minimum Gasteiger partial charge on any atom is -0.348 e. The maximum atomic E-state index is 13.1. The molecule has 0 radical (unpaired) electrons. The van der Waals surface area contributed by atoms with Crippen LogP contribution in [0.25, 0.3) is 0 Å². The second-order valence-electron chi connectivity index (χ2n) is 7.46. The van der Waals surface area contributed by atoms with Gasteiger partial charge in [-0.25, -0.2) is 8.42 Å². The van der Waals surface area contributed by atoms with E-state index in [-0.39, 0.29) is 29.3 Å². The fourth-order valence-corrected chi connectivity index (χ4v) is 5.31. The van der Waals surface area contributed by atoms with E-state index in [9.17, 15) is 13.2 Å². The first-order chi connectivity index (χ1) is 13.8. The standard InChI is InChI=1S/C19H30N6O3S/c1-5-23-11-9-17(22-23)14(3)20-19(26)16-8-7-10-25(12-16)29(27,28)18-13-24(6-2)21-15(18)4/h9,11,13-14,16H,5-8,10,12H2,1-4H3,(H,20,26)/t14-,16-/m0/s1. The highest BCUT2D eigenvalue weighted by atomic mass is 32.2. The lowest BCUT2D eigenvalue weighted by molar-refractivity contribution is -0.126. The molecule has 0 spiro atoms. The van der Waals surface area contributed by atoms with Crippen molar-refractivity contribution >= 4 is 15.9 Å². The Bertz CT molecular complexity index is 965. The summed E-state index contributed by atoms with van der Waals surface area (Å²) in [5.41, 5.74) is 1.28. The van der Waals surface area contributed by atoms with Gasteiger partial charge in [-0.3, -0.25) is 14.2 Å². The minimum absolute atomic E-state index is 0.135. The Morgan fingerprint density at radius 3 is 2.62 bits per heavy atom. The van der Waals surface area contributed by atoms with E-state index in [0.29, 0.717) is 31.6 Å². The Morgan fingerprint density at radius 2 is 2.00 bits per heavy atom. The number of aryl methyl sites for hydroxylation is 3. The topological polar surface area (TPSA) is 102 Å². The predicted molar refractivity (Wildman–Crippen MR) is 109 cm³/mol. The van der Waals surface area contributed by atoms with Crippen molar-refractivity contribution in [3.63, 3.8) is 0 Å². The average Bonchev–Trinajstić information content (AvgIpc) is 3.34. The number of nitrogens with zero attached hydrogens (tertiary/aromatic N) is 5. The molecule has 0 aromatic carbocycles. The third-order valence-corrected chi connectivity index (χ3v) is 7.35. The summed E-state index contributed by atoms with van der Waals surface area (Å²) in [6.45, 7) is 9.47. The van der Waals surface area contributed by atoms with Crippen LogP contribution in [0.15, 0.2) is 23.4 Å². The van der Waals surface area contributed by atoms with Gasteiger partial charge in [0.1, 0.15) is 4.90 Å². The number of hydrogen-bond acceptors (Lipinski definition) is 5. The van der Waals surface area contributed by atoms with Crippen molar-refractivity contribution in [2.45, 2.75) is 64.6 Å². The summed E-state index contributed by atoms with van der Waals surface area (Å²) in [5, 5.41) is 11.7. The van der Waals surface area contributed by atoms with Crippen LogP contribution in [0, 0.1) is 12.8 Å². The number of carbonyl (C=O) groups excluding carboxylic acids is 1. The van der Waals surface area contributed by atoms with Crippen molar-refractivity contribution in [2.75, 3.05) is 13.1 Å². The zero-order valence-electron chi connectivity index (χ0n) is 17.5. The number of sulfonamides is 1. The van der Waals surface area contributed by atoms with Gasteiger partial charge in [-0.15, -0.1) is 0 Å². The molecule has 1 N–H and O–H groups in total. The van der Waals surface area contributed by atoms with Crippen LogP contribution in [0.1, 0.15) is 51.0 Å². The first-order valence-electron chi connectivity index (χ1n) is 10.1. The highest BCUT2D eigenvalue weighted by molar-refractivity contribution is 7.89. The number of aromatic nitrogens is 4. The number of rotatable bonds is 7. The third-order valence-electron chi connectivity index (χ3n) is 5.39. The monoisotopic (exact) mass is 422 g/mol. The molecule has 2 aromatic rings. The summed E-state index contributed by atoms with van der Waals surface area (Å²) in [6.07, 6.45) is 4.77. The van der Waals surface area contributed by atoms with Crippen LogP contribution in [-0.4, -0.2) is 51.3 Å². The van der Waals surface area contributed by atoms with Gasteiger partial charge in [0.15, 0.2) is 0 Å². The molecule has 1 saturated heterocycles. The Labute approximate surface area is 172 Å². The van der Waals surface area contributed by atoms with Gasteiger partial charge in [0.2, 0.25) is 15.9 Å². The molecule has 3 heterocycles. The molecule has 2 atom stereocenters. The van der Waals surface area contributed by atoms with Crippen LogP contribution in [-0.2, 0) is 27.9 Å². The Hall–Kier alpha value is -2.20. The number of hydrogen-bond donors (Lipinski definition) is 1. The molecule has 0 aliphatic carbocycles. The van der Waals surface area contributed by atoms with Gasteiger partial charge >= 0.3 is 0 Å². The van der Waals surface area contributed by atoms with Crippen LogP contribution in [0.2, 0.25) is 0 Å². The molecule has 2 aromatic heterocycles. The number of nitrogens with one attached hydrogen (secondary N) is 1. The molecule has 9 nitrogen and oxygen atoms in total. The van der Waals surface area contributed by atoms with E-state index in [2.05, 4.69) is 15.5 Å². The molecule has 1 aliphatic rings. The molecule has 0 bridgehead atoms. The normalized spacial score (nSPS) is 19.2. The molecule has 160 valence electrons. The summed E-state index contributed by atoms with van der Waals surface area (Å²) in [6, 6.07) is 1.66. The Morgan fingerprint density at radius 1 is 1.28 bits per heavy atom. The number of piperidine rings is 1. The fraction of sp³-hybridized carbons (Fsp3) is 0.632. The van der Waals surface area contributed by atoms with Crippen molar-refractivity contribution in [1.82, 2.24) is 29.2 Å². The fourth-order valence-electron chi connectivity index (χ4n) is 3.62. The van der Waals surface area contributed by atoms with Crippen molar-refractivity contribution in [3.8, 4) is 0 Å². The van der Waals surface area contributed by atoms with Gasteiger partial charge in [0.25, 0.3) is 0 Å². The lowest BCUT2D eigenvalue weighted by Gasteiger charge is -2.31. The van der Waals surface area contributed by atoms with Gasteiger partial charge in [-0.2, -0.15) is 14.5 Å². The van der Waals surface area contributed by atoms with Crippen LogP contribution < -0.4 is 5.32 Å². The van der Waals surface area contributed by atoms with Crippen LogP contribution in [0.4, 0.5) is 0 Å². The molecular formula is C19H30N6O3S. The van der Waals surface area contributed by atoms with Crippen molar-refractivity contribution < 1.29 is 13.2 Å². The largest absolute Gasteiger partial charge is 0.348 e. The van der Waals surface area contributed by atoms with Gasteiger partial charge in [-0.1, -0.05) is 0 Å². The molecule has 29 heavy (non-hydrogen) atoms. The number of carbonyl (C=O) groups is 1. The van der Waals surface area contributed by atoms with E-state index in [1.807, 2.05) is 37.7 Å². The minimum atomic E-state index is -3.67. The van der Waals surface area contributed by atoms with Crippen molar-refractivity contribution in [1.29, 1.82) is 0 Å². The van der Waals surface area contributed by atoms with Crippen molar-refractivity contribution in [3.05, 3.63) is 29.8 Å². The predicted octanol–water partition coefficient (Wildman–Crippen LogP) is 1.71. The highest BCUT2D eigenvalue weighted by Gasteiger charge is 2.35. The summed E-state index contributed by atoms with van der Waals surface area (Å²) in [4.78, 5) is 13.0. The molecule has 0 unspecified atom stereocenters. The Balaban J connectivity index is 1.69.